The van der Waals surface area contributed by atoms with Gasteiger partial charge in [-0.1, -0.05) is 17.2 Å². The lowest BCUT2D eigenvalue weighted by molar-refractivity contribution is 0.0595. The number of aromatic nitrogens is 1. The molecule has 0 N–H and O–H groups in total. The van der Waals surface area contributed by atoms with Gasteiger partial charge in [-0.25, -0.2) is 9.78 Å². The van der Waals surface area contributed by atoms with E-state index in [9.17, 15) is 4.79 Å². The van der Waals surface area contributed by atoms with Gasteiger partial charge in [-0.3, -0.25) is 0 Å². The van der Waals surface area contributed by atoms with E-state index in [4.69, 9.17) is 9.47 Å². The first-order valence-corrected chi connectivity index (χ1v) is 7.41. The number of hydrogen-bond donors (Lipinski definition) is 0. The molecule has 22 heavy (non-hydrogen) atoms. The van der Waals surface area contributed by atoms with Gasteiger partial charge >= 0.3 is 5.97 Å². The fourth-order valence-electron chi connectivity index (χ4n) is 1.86. The van der Waals surface area contributed by atoms with Crippen molar-refractivity contribution in [2.75, 3.05) is 13.7 Å². The fourth-order valence-corrected chi connectivity index (χ4v) is 1.86. The summed E-state index contributed by atoms with van der Waals surface area (Å²) in [7, 11) is 1.35. The molecule has 4 heteroatoms. The van der Waals surface area contributed by atoms with Crippen LogP contribution in [0.4, 0.5) is 0 Å². The number of esters is 1. The highest BCUT2D eigenvalue weighted by Crippen LogP contribution is 2.17. The lowest BCUT2D eigenvalue weighted by Crippen LogP contribution is -2.08. The molecule has 0 bridgehead atoms. The van der Waals surface area contributed by atoms with Crippen LogP contribution in [0.1, 0.15) is 49.7 Å². The number of rotatable bonds is 7. The summed E-state index contributed by atoms with van der Waals surface area (Å²) in [6.07, 6.45) is 6.26. The Labute approximate surface area is 132 Å². The molecule has 0 atom stereocenters. The number of methoxy groups -OCH3 is 1. The minimum absolute atomic E-state index is 0.320. The number of allylic oxidation sites excluding steroid dienone is 3. The van der Waals surface area contributed by atoms with Gasteiger partial charge in [0.2, 0.25) is 5.88 Å². The Hall–Kier alpha value is -2.10. The SMILES string of the molecule is COC(=O)c1ccc(C)nc1OC/C=C(\C)CCC=C(C)C. The van der Waals surface area contributed by atoms with Crippen molar-refractivity contribution in [2.45, 2.75) is 40.5 Å². The third-order valence-corrected chi connectivity index (χ3v) is 3.15. The normalized spacial score (nSPS) is 11.0. The van der Waals surface area contributed by atoms with Crippen LogP contribution in [-0.2, 0) is 4.74 Å². The molecule has 0 fully saturated rings. The number of hydrogen-bond acceptors (Lipinski definition) is 4. The monoisotopic (exact) mass is 303 g/mol. The average molecular weight is 303 g/mol. The van der Waals surface area contributed by atoms with Crippen LogP contribution in [0.15, 0.2) is 35.4 Å². The summed E-state index contributed by atoms with van der Waals surface area (Å²) in [4.78, 5) is 15.9. The highest BCUT2D eigenvalue weighted by atomic mass is 16.5. The second kappa shape index (κ2) is 9.03. The Kier molecular flexibility index (Phi) is 7.37. The molecule has 1 heterocycles. The van der Waals surface area contributed by atoms with Crippen LogP contribution in [0.5, 0.6) is 5.88 Å². The minimum Gasteiger partial charge on any atom is -0.473 e. The van der Waals surface area contributed by atoms with Gasteiger partial charge < -0.3 is 9.47 Å². The summed E-state index contributed by atoms with van der Waals surface area (Å²) in [6, 6.07) is 3.44. The smallest absolute Gasteiger partial charge is 0.343 e. The van der Waals surface area contributed by atoms with E-state index in [1.807, 2.05) is 13.0 Å². The van der Waals surface area contributed by atoms with Gasteiger partial charge in [0, 0.05) is 5.69 Å². The van der Waals surface area contributed by atoms with E-state index in [0.29, 0.717) is 18.1 Å². The van der Waals surface area contributed by atoms with Crippen molar-refractivity contribution in [3.05, 3.63) is 46.7 Å². The molecule has 1 rings (SSSR count). The van der Waals surface area contributed by atoms with Crippen LogP contribution in [0.2, 0.25) is 0 Å². The van der Waals surface area contributed by atoms with Gasteiger partial charge in [0.1, 0.15) is 12.2 Å². The quantitative estimate of drug-likeness (QED) is 0.558. The second-order valence-electron chi connectivity index (χ2n) is 5.48. The van der Waals surface area contributed by atoms with Crippen LogP contribution < -0.4 is 4.74 Å². The maximum Gasteiger partial charge on any atom is 0.343 e. The number of ether oxygens (including phenoxy) is 2. The Morgan fingerprint density at radius 1 is 1.23 bits per heavy atom. The lowest BCUT2D eigenvalue weighted by atomic mass is 10.1. The van der Waals surface area contributed by atoms with E-state index < -0.39 is 5.97 Å². The van der Waals surface area contributed by atoms with Crippen molar-refractivity contribution in [1.29, 1.82) is 0 Å². The molecule has 0 spiro atoms. The second-order valence-corrected chi connectivity index (χ2v) is 5.48. The van der Waals surface area contributed by atoms with Crippen molar-refractivity contribution < 1.29 is 14.3 Å². The molecule has 1 aromatic heterocycles. The predicted octanol–water partition coefficient (Wildman–Crippen LogP) is 4.25. The molecular weight excluding hydrogens is 278 g/mol. The largest absolute Gasteiger partial charge is 0.473 e. The Morgan fingerprint density at radius 2 is 1.95 bits per heavy atom. The number of pyridine rings is 1. The third-order valence-electron chi connectivity index (χ3n) is 3.15. The molecule has 0 saturated heterocycles. The highest BCUT2D eigenvalue weighted by Gasteiger charge is 2.14. The van der Waals surface area contributed by atoms with E-state index in [0.717, 1.165) is 18.5 Å². The van der Waals surface area contributed by atoms with Gasteiger partial charge in [-0.05, 0) is 58.7 Å². The summed E-state index contributed by atoms with van der Waals surface area (Å²) in [5, 5.41) is 0. The standard InChI is InChI=1S/C18H25NO3/c1-13(2)7-6-8-14(3)11-12-22-17-16(18(20)21-5)10-9-15(4)19-17/h7,9-11H,6,8,12H2,1-5H3/b14-11+. The average Bonchev–Trinajstić information content (AvgIpc) is 2.46. The number of nitrogens with zero attached hydrogens (tertiary/aromatic N) is 1. The Bertz CT molecular complexity index is 570. The van der Waals surface area contributed by atoms with Gasteiger partial charge in [-0.15, -0.1) is 0 Å². The first-order chi connectivity index (χ1) is 10.4. The summed E-state index contributed by atoms with van der Waals surface area (Å²) in [5.41, 5.74) is 3.73. The maximum absolute atomic E-state index is 11.7. The Balaban J connectivity index is 2.65. The van der Waals surface area contributed by atoms with Gasteiger partial charge in [0.15, 0.2) is 0 Å². The van der Waals surface area contributed by atoms with E-state index in [1.54, 1.807) is 12.1 Å². The van der Waals surface area contributed by atoms with Crippen molar-refractivity contribution in [1.82, 2.24) is 4.98 Å². The van der Waals surface area contributed by atoms with Gasteiger partial charge in [0.05, 0.1) is 7.11 Å². The first kappa shape index (κ1) is 18.0. The third kappa shape index (κ3) is 6.12. The lowest BCUT2D eigenvalue weighted by Gasteiger charge is -2.09. The molecule has 0 radical (unpaired) electrons. The molecule has 0 aliphatic carbocycles. The fraction of sp³-hybridized carbons (Fsp3) is 0.444. The zero-order chi connectivity index (χ0) is 16.5. The van der Waals surface area contributed by atoms with Gasteiger partial charge in [0.25, 0.3) is 0 Å². The maximum atomic E-state index is 11.7. The molecule has 0 aliphatic heterocycles. The topological polar surface area (TPSA) is 48.4 Å². The minimum atomic E-state index is -0.438. The summed E-state index contributed by atoms with van der Waals surface area (Å²) in [5.74, 6) is -0.119. The zero-order valence-electron chi connectivity index (χ0n) is 14.1. The molecule has 0 amide bonds. The summed E-state index contributed by atoms with van der Waals surface area (Å²) >= 11 is 0. The highest BCUT2D eigenvalue weighted by molar-refractivity contribution is 5.91. The van der Waals surface area contributed by atoms with E-state index in [2.05, 4.69) is 31.8 Å². The number of carbonyl (C=O) groups is 1. The van der Waals surface area contributed by atoms with Crippen molar-refractivity contribution >= 4 is 5.97 Å². The van der Waals surface area contributed by atoms with Crippen LogP contribution in [0, 0.1) is 6.92 Å². The molecule has 4 nitrogen and oxygen atoms in total. The molecular formula is C18H25NO3. The molecule has 0 unspecified atom stereocenters. The van der Waals surface area contributed by atoms with Gasteiger partial charge in [-0.2, -0.15) is 0 Å². The number of carbonyl (C=O) groups excluding carboxylic acids is 1. The van der Waals surface area contributed by atoms with Crippen molar-refractivity contribution in [3.63, 3.8) is 0 Å². The van der Waals surface area contributed by atoms with E-state index in [-0.39, 0.29) is 0 Å². The van der Waals surface area contributed by atoms with Crippen LogP contribution >= 0.6 is 0 Å². The van der Waals surface area contributed by atoms with Crippen molar-refractivity contribution in [3.8, 4) is 5.88 Å². The summed E-state index contributed by atoms with van der Waals surface area (Å²) in [6.45, 7) is 8.52. The Morgan fingerprint density at radius 3 is 2.59 bits per heavy atom. The van der Waals surface area contributed by atoms with Crippen LogP contribution in [-0.4, -0.2) is 24.7 Å². The van der Waals surface area contributed by atoms with Crippen LogP contribution in [0.25, 0.3) is 0 Å². The molecule has 0 saturated carbocycles. The molecule has 1 aromatic rings. The van der Waals surface area contributed by atoms with E-state index in [1.165, 1.54) is 18.3 Å². The predicted molar refractivity (Wildman–Crippen MR) is 88.2 cm³/mol. The molecule has 0 aromatic carbocycles. The van der Waals surface area contributed by atoms with E-state index >= 15 is 0 Å². The van der Waals surface area contributed by atoms with Crippen LogP contribution in [0.3, 0.4) is 0 Å². The zero-order valence-corrected chi connectivity index (χ0v) is 14.1. The molecule has 120 valence electrons. The number of aryl methyl sites for hydroxylation is 1. The van der Waals surface area contributed by atoms with Crippen molar-refractivity contribution in [2.24, 2.45) is 0 Å². The summed E-state index contributed by atoms with van der Waals surface area (Å²) < 4.78 is 10.4. The molecule has 0 aliphatic rings. The first-order valence-electron chi connectivity index (χ1n) is 7.41.